The van der Waals surface area contributed by atoms with Crippen LogP contribution in [0.4, 0.5) is 4.79 Å². The third-order valence-corrected chi connectivity index (χ3v) is 5.89. The van der Waals surface area contributed by atoms with Gasteiger partial charge in [0.25, 0.3) is 0 Å². The maximum absolute atomic E-state index is 12.2. The van der Waals surface area contributed by atoms with Crippen molar-refractivity contribution in [3.8, 4) is 0 Å². The number of carbonyl (C=O) groups is 1. The Balaban J connectivity index is 0.00000480. The molecule has 1 aromatic heterocycles. The lowest BCUT2D eigenvalue weighted by atomic mass is 10.2. The monoisotopic (exact) mass is 566 g/mol. The number of aromatic nitrogens is 1. The predicted octanol–water partition coefficient (Wildman–Crippen LogP) is 3.03. The average molecular weight is 567 g/mol. The van der Waals surface area contributed by atoms with Crippen molar-refractivity contribution in [2.24, 2.45) is 4.99 Å². The molecule has 1 aliphatic rings. The fourth-order valence-electron chi connectivity index (χ4n) is 3.06. The Labute approximate surface area is 208 Å². The van der Waals surface area contributed by atoms with Gasteiger partial charge in [-0.25, -0.2) is 9.78 Å². The number of nitrogens with one attached hydrogen (secondary N) is 2. The van der Waals surface area contributed by atoms with E-state index in [9.17, 15) is 4.79 Å². The smallest absolute Gasteiger partial charge is 0.410 e. The quantitative estimate of drug-likeness (QED) is 0.300. The van der Waals surface area contributed by atoms with Crippen LogP contribution in [0.2, 0.25) is 0 Å². The van der Waals surface area contributed by atoms with Crippen LogP contribution >= 0.6 is 35.3 Å². The van der Waals surface area contributed by atoms with Gasteiger partial charge in [0.15, 0.2) is 5.96 Å². The Morgan fingerprint density at radius 2 is 1.87 bits per heavy atom. The molecule has 1 amide bonds. The van der Waals surface area contributed by atoms with Gasteiger partial charge in [-0.05, 0) is 41.5 Å². The van der Waals surface area contributed by atoms with Crippen molar-refractivity contribution in [2.45, 2.75) is 53.6 Å². The summed E-state index contributed by atoms with van der Waals surface area (Å²) >= 11 is 1.77. The minimum Gasteiger partial charge on any atom is -0.444 e. The summed E-state index contributed by atoms with van der Waals surface area (Å²) in [5.74, 6) is 0.842. The van der Waals surface area contributed by atoms with Crippen molar-refractivity contribution in [3.05, 3.63) is 15.6 Å². The molecule has 1 aromatic rings. The van der Waals surface area contributed by atoms with Gasteiger partial charge < -0.3 is 20.3 Å². The largest absolute Gasteiger partial charge is 0.444 e. The summed E-state index contributed by atoms with van der Waals surface area (Å²) in [5.41, 5.74) is 0.679. The second kappa shape index (κ2) is 13.4. The van der Waals surface area contributed by atoms with Crippen LogP contribution < -0.4 is 10.6 Å². The average Bonchev–Trinajstić information content (AvgIpc) is 2.98. The third-order valence-electron chi connectivity index (χ3n) is 4.76. The van der Waals surface area contributed by atoms with Crippen molar-refractivity contribution in [1.82, 2.24) is 25.4 Å². The van der Waals surface area contributed by atoms with Crippen LogP contribution in [0.25, 0.3) is 0 Å². The fourth-order valence-corrected chi connectivity index (χ4v) is 3.99. The molecule has 0 bridgehead atoms. The van der Waals surface area contributed by atoms with E-state index >= 15 is 0 Å². The Kier molecular flexibility index (Phi) is 12.1. The molecule has 10 heteroatoms. The minimum absolute atomic E-state index is 0. The molecule has 0 aromatic carbocycles. The Hall–Kier alpha value is -1.14. The molecule has 1 aliphatic heterocycles. The molecule has 0 aliphatic carbocycles. The zero-order chi connectivity index (χ0) is 22.1. The number of carbonyl (C=O) groups excluding carboxylic acids is 1. The molecule has 1 fully saturated rings. The van der Waals surface area contributed by atoms with Crippen LogP contribution in [-0.2, 0) is 11.2 Å². The Bertz CT molecular complexity index is 692. The number of guanidine groups is 1. The highest BCUT2D eigenvalue weighted by molar-refractivity contribution is 14.0. The number of hydrogen-bond acceptors (Lipinski definition) is 6. The summed E-state index contributed by atoms with van der Waals surface area (Å²) in [5, 5.41) is 7.86. The van der Waals surface area contributed by atoms with Crippen molar-refractivity contribution < 1.29 is 9.53 Å². The van der Waals surface area contributed by atoms with E-state index in [1.54, 1.807) is 16.2 Å². The number of hydrogen-bond donors (Lipinski definition) is 2. The first kappa shape index (κ1) is 27.9. The van der Waals surface area contributed by atoms with Gasteiger partial charge in [0.05, 0.1) is 17.2 Å². The number of halogens is 1. The van der Waals surface area contributed by atoms with Gasteiger partial charge in [-0.3, -0.25) is 9.89 Å². The SMILES string of the molecule is CCNC(=NCCN1CCN(C(=O)OC(C)(C)C)CC1)NCCc1nc(C)c(C)s1.I. The van der Waals surface area contributed by atoms with E-state index in [-0.39, 0.29) is 30.1 Å². The molecule has 1 saturated heterocycles. The molecule has 0 radical (unpaired) electrons. The van der Waals surface area contributed by atoms with Crippen LogP contribution in [0.3, 0.4) is 0 Å². The predicted molar refractivity (Wildman–Crippen MR) is 139 cm³/mol. The summed E-state index contributed by atoms with van der Waals surface area (Å²) in [4.78, 5) is 26.9. The van der Waals surface area contributed by atoms with E-state index in [2.05, 4.69) is 41.3 Å². The molecule has 2 rings (SSSR count). The normalized spacial score (nSPS) is 15.4. The van der Waals surface area contributed by atoms with Crippen molar-refractivity contribution in [3.63, 3.8) is 0 Å². The zero-order valence-corrected chi connectivity index (χ0v) is 22.9. The van der Waals surface area contributed by atoms with Crippen molar-refractivity contribution in [2.75, 3.05) is 52.4 Å². The van der Waals surface area contributed by atoms with E-state index in [0.717, 1.165) is 62.4 Å². The molecular weight excluding hydrogens is 527 g/mol. The number of nitrogens with zero attached hydrogens (tertiary/aromatic N) is 4. The standard InChI is InChI=1S/C21H38N6O2S.HI/c1-7-22-19(23-9-8-18-25-16(2)17(3)30-18)24-10-11-26-12-14-27(15-13-26)20(28)29-21(4,5)6;/h7-15H2,1-6H3,(H2,22,23,24);1H. The first-order valence-electron chi connectivity index (χ1n) is 10.8. The lowest BCUT2D eigenvalue weighted by molar-refractivity contribution is 0.0148. The summed E-state index contributed by atoms with van der Waals surface area (Å²) < 4.78 is 5.46. The summed E-state index contributed by atoms with van der Waals surface area (Å²) in [6, 6.07) is 0. The number of aliphatic imine (C=N–C) groups is 1. The van der Waals surface area contributed by atoms with Crippen LogP contribution in [0.15, 0.2) is 4.99 Å². The first-order chi connectivity index (χ1) is 14.2. The number of thiazole rings is 1. The maximum Gasteiger partial charge on any atom is 0.410 e. The molecule has 0 unspecified atom stereocenters. The zero-order valence-electron chi connectivity index (χ0n) is 19.8. The summed E-state index contributed by atoms with van der Waals surface area (Å²) in [6.45, 7) is 18.3. The van der Waals surface area contributed by atoms with Gasteiger partial charge in [0, 0.05) is 57.1 Å². The van der Waals surface area contributed by atoms with Crippen molar-refractivity contribution in [1.29, 1.82) is 0 Å². The fraction of sp³-hybridized carbons (Fsp3) is 0.762. The Morgan fingerprint density at radius 3 is 2.42 bits per heavy atom. The molecule has 8 nitrogen and oxygen atoms in total. The molecule has 0 saturated carbocycles. The lowest BCUT2D eigenvalue weighted by Gasteiger charge is -2.35. The van der Waals surface area contributed by atoms with Gasteiger partial charge in [-0.1, -0.05) is 0 Å². The minimum atomic E-state index is -0.449. The second-order valence-electron chi connectivity index (χ2n) is 8.50. The molecule has 178 valence electrons. The number of piperazine rings is 1. The van der Waals surface area contributed by atoms with Gasteiger partial charge in [-0.15, -0.1) is 35.3 Å². The third kappa shape index (κ3) is 10.3. The molecular formula is C21H39IN6O2S. The van der Waals surface area contributed by atoms with Gasteiger partial charge in [0.2, 0.25) is 0 Å². The topological polar surface area (TPSA) is 82.1 Å². The van der Waals surface area contributed by atoms with E-state index in [0.29, 0.717) is 13.1 Å². The maximum atomic E-state index is 12.2. The van der Waals surface area contributed by atoms with E-state index < -0.39 is 5.60 Å². The summed E-state index contributed by atoms with van der Waals surface area (Å²) in [7, 11) is 0. The van der Waals surface area contributed by atoms with Crippen molar-refractivity contribution >= 4 is 47.4 Å². The number of ether oxygens (including phenoxy) is 1. The first-order valence-corrected chi connectivity index (χ1v) is 11.6. The number of aryl methyl sites for hydroxylation is 2. The Morgan fingerprint density at radius 1 is 1.19 bits per heavy atom. The molecule has 0 atom stereocenters. The highest BCUT2D eigenvalue weighted by Gasteiger charge is 2.25. The van der Waals surface area contributed by atoms with Gasteiger partial charge in [-0.2, -0.15) is 0 Å². The van der Waals surface area contributed by atoms with E-state index in [4.69, 9.17) is 9.73 Å². The van der Waals surface area contributed by atoms with Crippen LogP contribution in [0, 0.1) is 13.8 Å². The molecule has 31 heavy (non-hydrogen) atoms. The number of amides is 1. The molecule has 2 N–H and O–H groups in total. The number of rotatable bonds is 7. The van der Waals surface area contributed by atoms with Crippen LogP contribution in [0.5, 0.6) is 0 Å². The van der Waals surface area contributed by atoms with Crippen LogP contribution in [-0.4, -0.2) is 84.8 Å². The van der Waals surface area contributed by atoms with Gasteiger partial charge >= 0.3 is 6.09 Å². The highest BCUT2D eigenvalue weighted by Crippen LogP contribution is 2.16. The lowest BCUT2D eigenvalue weighted by Crippen LogP contribution is -2.50. The van der Waals surface area contributed by atoms with Crippen LogP contribution in [0.1, 0.15) is 43.3 Å². The summed E-state index contributed by atoms with van der Waals surface area (Å²) in [6.07, 6.45) is 0.681. The highest BCUT2D eigenvalue weighted by atomic mass is 127. The molecule has 0 spiro atoms. The van der Waals surface area contributed by atoms with E-state index in [1.165, 1.54) is 4.88 Å². The molecule has 2 heterocycles. The van der Waals surface area contributed by atoms with E-state index in [1.807, 2.05) is 20.8 Å². The second-order valence-corrected chi connectivity index (χ2v) is 9.78. The van der Waals surface area contributed by atoms with Gasteiger partial charge in [0.1, 0.15) is 5.60 Å².